The molecule has 2 amide bonds. The summed E-state index contributed by atoms with van der Waals surface area (Å²) in [5, 5.41) is 8.67. The van der Waals surface area contributed by atoms with Gasteiger partial charge in [0, 0.05) is 5.56 Å². The number of esters is 2. The number of nitrogens with one attached hydrogen (secondary N) is 2. The van der Waals surface area contributed by atoms with E-state index in [-0.39, 0.29) is 30.3 Å². The second kappa shape index (κ2) is 9.03. The summed E-state index contributed by atoms with van der Waals surface area (Å²) in [5.41, 5.74) is 0.536. The maximum absolute atomic E-state index is 13.0. The van der Waals surface area contributed by atoms with Gasteiger partial charge in [0.15, 0.2) is 0 Å². The van der Waals surface area contributed by atoms with Gasteiger partial charge < -0.3 is 24.5 Å². The summed E-state index contributed by atoms with van der Waals surface area (Å²) in [4.78, 5) is 47.4. The van der Waals surface area contributed by atoms with Crippen molar-refractivity contribution in [2.75, 3.05) is 19.8 Å². The Bertz CT molecular complexity index is 1060. The van der Waals surface area contributed by atoms with E-state index >= 15 is 0 Å². The Labute approximate surface area is 168 Å². The van der Waals surface area contributed by atoms with Gasteiger partial charge >= 0.3 is 23.7 Å². The molecule has 0 spiro atoms. The fourth-order valence-corrected chi connectivity index (χ4v) is 2.50. The summed E-state index contributed by atoms with van der Waals surface area (Å²) >= 11 is 0. The Morgan fingerprint density at radius 2 is 1.97 bits per heavy atom. The van der Waals surface area contributed by atoms with E-state index in [9.17, 15) is 23.6 Å². The lowest BCUT2D eigenvalue weighted by atomic mass is 10.2. The average Bonchev–Trinajstić information content (AvgIpc) is 3.07. The number of hydrogen-bond acceptors (Lipinski definition) is 8. The number of aromatic nitrogens is 2. The molecule has 3 rings (SSSR count). The molecule has 158 valence electrons. The number of amides is 2. The van der Waals surface area contributed by atoms with E-state index in [1.54, 1.807) is 6.92 Å². The molecule has 0 radical (unpaired) electrons. The molecular formula is C18H17FN4O7. The van der Waals surface area contributed by atoms with Gasteiger partial charge in [-0.2, -0.15) is 4.68 Å². The van der Waals surface area contributed by atoms with Crippen LogP contribution in [0.25, 0.3) is 11.5 Å². The fraction of sp³-hybridized carbons (Fsp3) is 0.278. The maximum atomic E-state index is 13.0. The SMILES string of the molecule is CCOC(=O)C1=C(COC(=O)Cn2nc(-c3ccc(F)cc3)oc2=O)NC(=O)NC1. The van der Waals surface area contributed by atoms with Crippen molar-refractivity contribution in [1.29, 1.82) is 0 Å². The van der Waals surface area contributed by atoms with Gasteiger partial charge in [0.2, 0.25) is 5.89 Å². The third-order valence-corrected chi connectivity index (χ3v) is 3.93. The minimum absolute atomic E-state index is 0.0741. The third kappa shape index (κ3) is 4.90. The van der Waals surface area contributed by atoms with Crippen LogP contribution < -0.4 is 16.4 Å². The summed E-state index contributed by atoms with van der Waals surface area (Å²) < 4.78 is 28.6. The second-order valence-corrected chi connectivity index (χ2v) is 5.98. The molecule has 1 aromatic heterocycles. The molecule has 2 heterocycles. The average molecular weight is 420 g/mol. The van der Waals surface area contributed by atoms with Crippen LogP contribution in [0.4, 0.5) is 9.18 Å². The number of carbonyl (C=O) groups is 3. The zero-order valence-electron chi connectivity index (χ0n) is 15.8. The lowest BCUT2D eigenvalue weighted by Crippen LogP contribution is -2.45. The van der Waals surface area contributed by atoms with Crippen molar-refractivity contribution in [3.63, 3.8) is 0 Å². The Balaban J connectivity index is 1.66. The highest BCUT2D eigenvalue weighted by molar-refractivity contribution is 5.93. The number of hydrogen-bond donors (Lipinski definition) is 2. The van der Waals surface area contributed by atoms with E-state index in [0.717, 1.165) is 4.68 Å². The van der Waals surface area contributed by atoms with Crippen LogP contribution in [0.2, 0.25) is 0 Å². The Morgan fingerprint density at radius 3 is 2.67 bits per heavy atom. The smallest absolute Gasteiger partial charge is 0.437 e. The molecule has 0 aliphatic carbocycles. The van der Waals surface area contributed by atoms with Crippen molar-refractivity contribution in [3.8, 4) is 11.5 Å². The number of ether oxygens (including phenoxy) is 2. The molecule has 12 heteroatoms. The van der Waals surface area contributed by atoms with Gasteiger partial charge in [-0.15, -0.1) is 5.10 Å². The number of benzene rings is 1. The summed E-state index contributed by atoms with van der Waals surface area (Å²) in [6.07, 6.45) is 0. The van der Waals surface area contributed by atoms with Crippen LogP contribution in [0, 0.1) is 5.82 Å². The third-order valence-electron chi connectivity index (χ3n) is 3.93. The summed E-state index contributed by atoms with van der Waals surface area (Å²) in [5.74, 6) is -2.99. The Kier molecular flexibility index (Phi) is 6.25. The van der Waals surface area contributed by atoms with E-state index in [2.05, 4.69) is 15.7 Å². The van der Waals surface area contributed by atoms with Gasteiger partial charge in [0.25, 0.3) is 0 Å². The lowest BCUT2D eigenvalue weighted by molar-refractivity contribution is -0.144. The van der Waals surface area contributed by atoms with Crippen molar-refractivity contribution in [3.05, 3.63) is 51.9 Å². The highest BCUT2D eigenvalue weighted by Gasteiger charge is 2.24. The first kappa shape index (κ1) is 20.8. The number of nitrogens with zero attached hydrogens (tertiary/aromatic N) is 2. The predicted molar refractivity (Wildman–Crippen MR) is 97.3 cm³/mol. The molecule has 0 unspecified atom stereocenters. The first-order chi connectivity index (χ1) is 14.4. The van der Waals surface area contributed by atoms with Gasteiger partial charge in [-0.25, -0.2) is 18.8 Å². The monoisotopic (exact) mass is 420 g/mol. The molecule has 1 aliphatic heterocycles. The largest absolute Gasteiger partial charge is 0.463 e. The maximum Gasteiger partial charge on any atom is 0.437 e. The standard InChI is InChI=1S/C18H17FN4O7/c1-2-28-16(25)12-7-20-17(26)21-13(12)9-29-14(24)8-23-18(27)30-15(22-23)10-3-5-11(19)6-4-10/h3-6H,2,7-9H2,1H3,(H2,20,21,26). The second-order valence-electron chi connectivity index (χ2n) is 5.98. The van der Waals surface area contributed by atoms with Gasteiger partial charge in [-0.1, -0.05) is 0 Å². The predicted octanol–water partition coefficient (Wildman–Crippen LogP) is 0.316. The molecule has 11 nitrogen and oxygen atoms in total. The van der Waals surface area contributed by atoms with Gasteiger partial charge in [-0.3, -0.25) is 4.79 Å². The van der Waals surface area contributed by atoms with Crippen molar-refractivity contribution < 1.29 is 32.7 Å². The summed E-state index contributed by atoms with van der Waals surface area (Å²) in [7, 11) is 0. The first-order valence-corrected chi connectivity index (χ1v) is 8.81. The van der Waals surface area contributed by atoms with Crippen LogP contribution in [-0.4, -0.2) is 47.5 Å². The van der Waals surface area contributed by atoms with Crippen molar-refractivity contribution in [2.45, 2.75) is 13.5 Å². The number of carbonyl (C=O) groups excluding carboxylic acids is 3. The topological polar surface area (TPSA) is 142 Å². The van der Waals surface area contributed by atoms with E-state index in [1.807, 2.05) is 0 Å². The first-order valence-electron chi connectivity index (χ1n) is 8.81. The van der Waals surface area contributed by atoms with E-state index in [0.29, 0.717) is 5.56 Å². The normalized spacial score (nSPS) is 13.5. The van der Waals surface area contributed by atoms with Gasteiger partial charge in [-0.05, 0) is 31.2 Å². The molecular weight excluding hydrogens is 403 g/mol. The summed E-state index contributed by atoms with van der Waals surface area (Å²) in [6, 6.07) is 4.51. The van der Waals surface area contributed by atoms with Crippen molar-refractivity contribution in [1.82, 2.24) is 20.4 Å². The Morgan fingerprint density at radius 1 is 1.23 bits per heavy atom. The van der Waals surface area contributed by atoms with Gasteiger partial charge in [0.1, 0.15) is 19.0 Å². The number of rotatable bonds is 7. The Hall–Kier alpha value is -3.96. The molecule has 0 fully saturated rings. The molecule has 0 saturated carbocycles. The van der Waals surface area contributed by atoms with Crippen LogP contribution >= 0.6 is 0 Å². The van der Waals surface area contributed by atoms with Crippen LogP contribution in [0.3, 0.4) is 0 Å². The lowest BCUT2D eigenvalue weighted by Gasteiger charge is -2.21. The summed E-state index contributed by atoms with van der Waals surface area (Å²) in [6.45, 7) is 0.689. The van der Waals surface area contributed by atoms with E-state index in [4.69, 9.17) is 13.9 Å². The van der Waals surface area contributed by atoms with Crippen LogP contribution in [0.1, 0.15) is 6.92 Å². The molecule has 2 aromatic rings. The highest BCUT2D eigenvalue weighted by atomic mass is 19.1. The van der Waals surface area contributed by atoms with E-state index in [1.165, 1.54) is 24.3 Å². The molecule has 1 aromatic carbocycles. The molecule has 0 atom stereocenters. The van der Waals surface area contributed by atoms with Gasteiger partial charge in [0.05, 0.1) is 24.4 Å². The zero-order chi connectivity index (χ0) is 21.7. The van der Waals surface area contributed by atoms with Crippen molar-refractivity contribution in [2.24, 2.45) is 0 Å². The zero-order valence-corrected chi connectivity index (χ0v) is 15.8. The highest BCUT2D eigenvalue weighted by Crippen LogP contribution is 2.15. The van der Waals surface area contributed by atoms with E-state index < -0.39 is 42.7 Å². The molecule has 0 saturated heterocycles. The minimum atomic E-state index is -0.909. The molecule has 1 aliphatic rings. The van der Waals surface area contributed by atoms with Crippen molar-refractivity contribution >= 4 is 18.0 Å². The molecule has 2 N–H and O–H groups in total. The number of urea groups is 1. The molecule has 30 heavy (non-hydrogen) atoms. The van der Waals surface area contributed by atoms with Crippen LogP contribution in [0.5, 0.6) is 0 Å². The van der Waals surface area contributed by atoms with Crippen LogP contribution in [-0.2, 0) is 25.6 Å². The fourth-order valence-electron chi connectivity index (χ4n) is 2.50. The quantitative estimate of drug-likeness (QED) is 0.610. The minimum Gasteiger partial charge on any atom is -0.463 e. The number of halogens is 1. The molecule has 0 bridgehead atoms. The van der Waals surface area contributed by atoms with Crippen LogP contribution in [0.15, 0.2) is 44.7 Å².